The van der Waals surface area contributed by atoms with Crippen LogP contribution >= 0.6 is 0 Å². The molecule has 0 aromatic rings. The molecule has 0 amide bonds. The van der Waals surface area contributed by atoms with Crippen molar-refractivity contribution in [3.63, 3.8) is 0 Å². The van der Waals surface area contributed by atoms with Gasteiger partial charge in [-0.15, -0.1) is 0 Å². The molecule has 2 rings (SSSR count). The highest BCUT2D eigenvalue weighted by atomic mass is 32.2. The molecule has 0 aromatic carbocycles. The largest absolute Gasteiger partial charge is 0.468 e. The highest BCUT2D eigenvalue weighted by Gasteiger charge is 2.51. The molecule has 0 bridgehead atoms. The maximum Gasteiger partial charge on any atom is 0.327 e. The van der Waals surface area contributed by atoms with Crippen molar-refractivity contribution in [2.45, 2.75) is 30.8 Å². The van der Waals surface area contributed by atoms with Crippen LogP contribution in [-0.4, -0.2) is 44.6 Å². The van der Waals surface area contributed by atoms with Crippen molar-refractivity contribution in [1.82, 2.24) is 5.32 Å². The van der Waals surface area contributed by atoms with E-state index in [1.807, 2.05) is 0 Å². The molecule has 1 aliphatic carbocycles. The average molecular weight is 233 g/mol. The van der Waals surface area contributed by atoms with Crippen LogP contribution in [0.2, 0.25) is 0 Å². The summed E-state index contributed by atoms with van der Waals surface area (Å²) in [6, 6.07) is 0.289. The molecule has 1 atom stereocenters. The minimum Gasteiger partial charge on any atom is -0.468 e. The Morgan fingerprint density at radius 3 is 2.53 bits per heavy atom. The summed E-state index contributed by atoms with van der Waals surface area (Å²) in [5, 5.41) is 3.12. The summed E-state index contributed by atoms with van der Waals surface area (Å²) in [6.07, 6.45) is 2.36. The molecular weight excluding hydrogens is 218 g/mol. The van der Waals surface area contributed by atoms with Crippen molar-refractivity contribution in [2.75, 3.05) is 18.6 Å². The normalized spacial score (nSPS) is 33.9. The zero-order chi connectivity index (χ0) is 11.1. The molecule has 0 spiro atoms. The Balaban J connectivity index is 2.19. The Morgan fingerprint density at radius 2 is 2.13 bits per heavy atom. The van der Waals surface area contributed by atoms with Crippen molar-refractivity contribution >= 4 is 15.8 Å². The summed E-state index contributed by atoms with van der Waals surface area (Å²) < 4.78 is 27.5. The standard InChI is InChI=1S/C9H15NO4S/c1-14-8(11)9(10-7-2-3-7)4-5-15(12,13)6-9/h7,10H,2-6H2,1H3. The van der Waals surface area contributed by atoms with E-state index >= 15 is 0 Å². The average Bonchev–Trinajstić information content (AvgIpc) is 2.90. The van der Waals surface area contributed by atoms with Crippen molar-refractivity contribution < 1.29 is 17.9 Å². The fourth-order valence-electron chi connectivity index (χ4n) is 2.00. The minimum absolute atomic E-state index is 0.0713. The third kappa shape index (κ3) is 2.15. The first-order valence-electron chi connectivity index (χ1n) is 5.04. The van der Waals surface area contributed by atoms with Crippen LogP contribution in [0.3, 0.4) is 0 Å². The van der Waals surface area contributed by atoms with Crippen LogP contribution in [0, 0.1) is 0 Å². The number of nitrogens with one attached hydrogen (secondary N) is 1. The molecule has 2 fully saturated rings. The van der Waals surface area contributed by atoms with Gasteiger partial charge >= 0.3 is 5.97 Å². The van der Waals surface area contributed by atoms with Gasteiger partial charge in [-0.05, 0) is 19.3 Å². The van der Waals surface area contributed by atoms with Gasteiger partial charge in [0.1, 0.15) is 5.54 Å². The van der Waals surface area contributed by atoms with E-state index in [4.69, 9.17) is 4.74 Å². The second-order valence-electron chi connectivity index (χ2n) is 4.33. The van der Waals surface area contributed by atoms with Gasteiger partial charge in [-0.1, -0.05) is 0 Å². The number of sulfone groups is 1. The zero-order valence-electron chi connectivity index (χ0n) is 8.65. The number of esters is 1. The molecule has 15 heavy (non-hydrogen) atoms. The topological polar surface area (TPSA) is 72.5 Å². The van der Waals surface area contributed by atoms with Gasteiger partial charge in [0.05, 0.1) is 18.6 Å². The van der Waals surface area contributed by atoms with Crippen molar-refractivity contribution in [3.8, 4) is 0 Å². The highest BCUT2D eigenvalue weighted by molar-refractivity contribution is 7.91. The molecule has 1 aliphatic heterocycles. The molecule has 86 valence electrons. The number of ether oxygens (including phenoxy) is 1. The van der Waals surface area contributed by atoms with Crippen LogP contribution in [0.5, 0.6) is 0 Å². The lowest BCUT2D eigenvalue weighted by Crippen LogP contribution is -2.54. The number of methoxy groups -OCH3 is 1. The third-order valence-electron chi connectivity index (χ3n) is 2.94. The van der Waals surface area contributed by atoms with E-state index in [9.17, 15) is 13.2 Å². The van der Waals surface area contributed by atoms with Crippen molar-refractivity contribution in [1.29, 1.82) is 0 Å². The monoisotopic (exact) mass is 233 g/mol. The summed E-state index contributed by atoms with van der Waals surface area (Å²) in [6.45, 7) is 0. The fraction of sp³-hybridized carbons (Fsp3) is 0.889. The van der Waals surface area contributed by atoms with Gasteiger partial charge in [-0.3, -0.25) is 10.1 Å². The highest BCUT2D eigenvalue weighted by Crippen LogP contribution is 2.30. The SMILES string of the molecule is COC(=O)C1(NC2CC2)CCS(=O)(=O)C1. The van der Waals surface area contributed by atoms with Crippen LogP contribution in [0.4, 0.5) is 0 Å². The summed E-state index contributed by atoms with van der Waals surface area (Å²) in [7, 11) is -1.79. The predicted octanol–water partition coefficient (Wildman–Crippen LogP) is -0.531. The first-order valence-corrected chi connectivity index (χ1v) is 6.86. The maximum atomic E-state index is 11.6. The van der Waals surface area contributed by atoms with E-state index in [1.165, 1.54) is 7.11 Å². The van der Waals surface area contributed by atoms with Gasteiger partial charge < -0.3 is 4.74 Å². The van der Waals surface area contributed by atoms with E-state index in [0.717, 1.165) is 12.8 Å². The Hall–Kier alpha value is -0.620. The molecule has 1 saturated carbocycles. The lowest BCUT2D eigenvalue weighted by atomic mass is 9.99. The summed E-state index contributed by atoms with van der Waals surface area (Å²) in [4.78, 5) is 11.6. The summed E-state index contributed by atoms with van der Waals surface area (Å²) >= 11 is 0. The first kappa shape index (κ1) is 10.9. The molecular formula is C9H15NO4S. The van der Waals surface area contributed by atoms with Gasteiger partial charge in [-0.2, -0.15) is 0 Å². The smallest absolute Gasteiger partial charge is 0.327 e. The van der Waals surface area contributed by atoms with Gasteiger partial charge in [0, 0.05) is 6.04 Å². The lowest BCUT2D eigenvalue weighted by Gasteiger charge is -2.25. The second-order valence-corrected chi connectivity index (χ2v) is 6.52. The number of hydrogen-bond acceptors (Lipinski definition) is 5. The van der Waals surface area contributed by atoms with E-state index in [2.05, 4.69) is 5.32 Å². The Morgan fingerprint density at radius 1 is 1.47 bits per heavy atom. The predicted molar refractivity (Wildman–Crippen MR) is 54.2 cm³/mol. The Kier molecular flexibility index (Phi) is 2.50. The van der Waals surface area contributed by atoms with Gasteiger partial charge in [0.25, 0.3) is 0 Å². The van der Waals surface area contributed by atoms with Gasteiger partial charge in [-0.25, -0.2) is 8.42 Å². The van der Waals surface area contributed by atoms with E-state index in [0.29, 0.717) is 6.42 Å². The number of hydrogen-bond donors (Lipinski definition) is 1. The fourth-order valence-corrected chi connectivity index (χ4v) is 3.90. The zero-order valence-corrected chi connectivity index (χ0v) is 9.47. The lowest BCUT2D eigenvalue weighted by molar-refractivity contribution is -0.147. The molecule has 2 aliphatic rings. The first-order chi connectivity index (χ1) is 6.97. The van der Waals surface area contributed by atoms with Gasteiger partial charge in [0.15, 0.2) is 9.84 Å². The van der Waals surface area contributed by atoms with E-state index < -0.39 is 21.3 Å². The maximum absolute atomic E-state index is 11.6. The molecule has 0 radical (unpaired) electrons. The van der Waals surface area contributed by atoms with Crippen LogP contribution in [0.1, 0.15) is 19.3 Å². The quantitative estimate of drug-likeness (QED) is 0.663. The second kappa shape index (κ2) is 3.45. The van der Waals surface area contributed by atoms with Crippen molar-refractivity contribution in [3.05, 3.63) is 0 Å². The third-order valence-corrected chi connectivity index (χ3v) is 4.70. The Labute approximate surface area is 89.1 Å². The number of carbonyl (C=O) groups excluding carboxylic acids is 1. The Bertz CT molecular complexity index is 374. The molecule has 5 nitrogen and oxygen atoms in total. The van der Waals surface area contributed by atoms with Gasteiger partial charge in [0.2, 0.25) is 0 Å². The molecule has 1 unspecified atom stereocenters. The van der Waals surface area contributed by atoms with E-state index in [-0.39, 0.29) is 17.5 Å². The molecule has 6 heteroatoms. The van der Waals surface area contributed by atoms with Crippen LogP contribution < -0.4 is 5.32 Å². The summed E-state index contributed by atoms with van der Waals surface area (Å²) in [5.41, 5.74) is -0.977. The van der Waals surface area contributed by atoms with Crippen molar-refractivity contribution in [2.24, 2.45) is 0 Å². The summed E-state index contributed by atoms with van der Waals surface area (Å²) in [5.74, 6) is -0.499. The van der Waals surface area contributed by atoms with E-state index in [1.54, 1.807) is 0 Å². The molecule has 1 N–H and O–H groups in total. The van der Waals surface area contributed by atoms with Crippen LogP contribution in [0.25, 0.3) is 0 Å². The minimum atomic E-state index is -3.09. The van der Waals surface area contributed by atoms with Crippen LogP contribution in [-0.2, 0) is 19.4 Å². The number of carbonyl (C=O) groups is 1. The molecule has 1 heterocycles. The molecule has 0 aromatic heterocycles. The number of rotatable bonds is 3. The van der Waals surface area contributed by atoms with Crippen LogP contribution in [0.15, 0.2) is 0 Å². The molecule has 1 saturated heterocycles.